The topological polar surface area (TPSA) is 39.9 Å². The molecule has 3 rings (SSSR count). The number of alkyl halides is 1. The minimum Gasteiger partial charge on any atom is -0.494 e. The van der Waals surface area contributed by atoms with Gasteiger partial charge < -0.3 is 4.74 Å². The van der Waals surface area contributed by atoms with Gasteiger partial charge in [0, 0.05) is 12.3 Å². The number of methoxy groups -OCH3 is 1. The first-order chi connectivity index (χ1) is 10.2. The number of nitrogens with zero attached hydrogens (tertiary/aromatic N) is 3. The predicted octanol–water partition coefficient (Wildman–Crippen LogP) is 3.62. The van der Waals surface area contributed by atoms with E-state index in [1.165, 1.54) is 13.2 Å². The van der Waals surface area contributed by atoms with Gasteiger partial charge in [0.15, 0.2) is 17.2 Å². The Kier molecular flexibility index (Phi) is 3.51. The lowest BCUT2D eigenvalue weighted by Gasteiger charge is -2.09. The number of halogens is 2. The molecule has 0 aliphatic carbocycles. The minimum absolute atomic E-state index is 0.194. The van der Waals surface area contributed by atoms with Gasteiger partial charge in [0.2, 0.25) is 0 Å². The summed E-state index contributed by atoms with van der Waals surface area (Å²) in [5, 5.41) is 0. The Morgan fingerprint density at radius 3 is 2.81 bits per heavy atom. The summed E-state index contributed by atoms with van der Waals surface area (Å²) < 4.78 is 20.6. The highest BCUT2D eigenvalue weighted by molar-refractivity contribution is 6.17. The molecule has 4 nitrogen and oxygen atoms in total. The van der Waals surface area contributed by atoms with Gasteiger partial charge in [0.1, 0.15) is 11.3 Å². The van der Waals surface area contributed by atoms with E-state index in [1.54, 1.807) is 22.9 Å². The van der Waals surface area contributed by atoms with Crippen LogP contribution >= 0.6 is 11.6 Å². The van der Waals surface area contributed by atoms with E-state index >= 15 is 0 Å². The van der Waals surface area contributed by atoms with Crippen molar-refractivity contribution in [2.75, 3.05) is 7.11 Å². The van der Waals surface area contributed by atoms with Crippen molar-refractivity contribution in [1.82, 2.24) is 14.5 Å². The minimum atomic E-state index is -0.440. The third-order valence-corrected chi connectivity index (χ3v) is 3.57. The molecule has 0 amide bonds. The van der Waals surface area contributed by atoms with Crippen LogP contribution in [0.2, 0.25) is 0 Å². The number of benzene rings is 1. The molecule has 0 bridgehead atoms. The Hall–Kier alpha value is -2.14. The van der Waals surface area contributed by atoms with Gasteiger partial charge >= 0.3 is 0 Å². The molecule has 0 unspecified atom stereocenters. The van der Waals surface area contributed by atoms with Gasteiger partial charge in [0.05, 0.1) is 18.7 Å². The Morgan fingerprint density at radius 1 is 1.33 bits per heavy atom. The maximum Gasteiger partial charge on any atom is 0.167 e. The van der Waals surface area contributed by atoms with E-state index in [-0.39, 0.29) is 11.6 Å². The van der Waals surface area contributed by atoms with Gasteiger partial charge in [-0.3, -0.25) is 4.57 Å². The van der Waals surface area contributed by atoms with E-state index in [1.807, 2.05) is 13.0 Å². The SMILES string of the molecule is COc1ccc(-n2c(CCl)nc3c(C)ccnc32)cc1F. The molecule has 2 aromatic heterocycles. The largest absolute Gasteiger partial charge is 0.494 e. The monoisotopic (exact) mass is 305 g/mol. The van der Waals surface area contributed by atoms with Gasteiger partial charge in [-0.2, -0.15) is 0 Å². The molecule has 0 spiro atoms. The quantitative estimate of drug-likeness (QED) is 0.694. The summed E-state index contributed by atoms with van der Waals surface area (Å²) in [7, 11) is 1.43. The fourth-order valence-electron chi connectivity index (χ4n) is 2.29. The maximum atomic E-state index is 13.9. The number of hydrogen-bond donors (Lipinski definition) is 0. The molecule has 0 saturated carbocycles. The van der Waals surface area contributed by atoms with Crippen LogP contribution in [0.5, 0.6) is 5.75 Å². The number of fused-ring (bicyclic) bond motifs is 1. The normalized spacial score (nSPS) is 11.0. The van der Waals surface area contributed by atoms with Gasteiger partial charge in [-0.05, 0) is 30.7 Å². The number of rotatable bonds is 3. The van der Waals surface area contributed by atoms with Gasteiger partial charge in [-0.15, -0.1) is 11.6 Å². The van der Waals surface area contributed by atoms with Crippen LogP contribution in [0.4, 0.5) is 4.39 Å². The third-order valence-electron chi connectivity index (χ3n) is 3.33. The third kappa shape index (κ3) is 2.23. The van der Waals surface area contributed by atoms with Gasteiger partial charge in [0.25, 0.3) is 0 Å². The highest BCUT2D eigenvalue weighted by Crippen LogP contribution is 2.26. The number of imidazole rings is 1. The van der Waals surface area contributed by atoms with Crippen LogP contribution < -0.4 is 4.74 Å². The van der Waals surface area contributed by atoms with Crippen LogP contribution in [0.25, 0.3) is 16.9 Å². The first-order valence-corrected chi connectivity index (χ1v) is 6.92. The zero-order valence-electron chi connectivity index (χ0n) is 11.6. The average molecular weight is 306 g/mol. The second-order valence-electron chi connectivity index (χ2n) is 4.62. The highest BCUT2D eigenvalue weighted by atomic mass is 35.5. The molecule has 0 atom stereocenters. The van der Waals surface area contributed by atoms with E-state index < -0.39 is 5.82 Å². The number of aromatic nitrogens is 3. The Morgan fingerprint density at radius 2 is 2.14 bits per heavy atom. The smallest absolute Gasteiger partial charge is 0.167 e. The van der Waals surface area contributed by atoms with Crippen molar-refractivity contribution in [1.29, 1.82) is 0 Å². The fourth-order valence-corrected chi connectivity index (χ4v) is 2.47. The molecule has 6 heteroatoms. The van der Waals surface area contributed by atoms with E-state index in [9.17, 15) is 4.39 Å². The molecule has 0 radical (unpaired) electrons. The first kappa shape index (κ1) is 13.8. The molecule has 0 aliphatic heterocycles. The van der Waals surface area contributed by atoms with Crippen molar-refractivity contribution in [2.24, 2.45) is 0 Å². The molecule has 0 saturated heterocycles. The molecule has 108 valence electrons. The fraction of sp³-hybridized carbons (Fsp3) is 0.200. The second kappa shape index (κ2) is 5.33. The van der Waals surface area contributed by atoms with Crippen molar-refractivity contribution >= 4 is 22.8 Å². The second-order valence-corrected chi connectivity index (χ2v) is 4.88. The van der Waals surface area contributed by atoms with Gasteiger partial charge in [-0.1, -0.05) is 0 Å². The van der Waals surface area contributed by atoms with E-state index in [0.717, 1.165) is 11.1 Å². The van der Waals surface area contributed by atoms with Crippen LogP contribution in [-0.2, 0) is 5.88 Å². The summed E-state index contributed by atoms with van der Waals surface area (Å²) in [5.41, 5.74) is 3.04. The molecule has 3 aromatic rings. The van der Waals surface area contributed by atoms with Crippen molar-refractivity contribution in [3.8, 4) is 11.4 Å². The van der Waals surface area contributed by atoms with Crippen molar-refractivity contribution < 1.29 is 9.13 Å². The lowest BCUT2D eigenvalue weighted by Crippen LogP contribution is -2.01. The zero-order valence-corrected chi connectivity index (χ0v) is 12.4. The summed E-state index contributed by atoms with van der Waals surface area (Å²) in [5.74, 6) is 0.589. The number of ether oxygens (including phenoxy) is 1. The Balaban J connectivity index is 2.28. The molecule has 21 heavy (non-hydrogen) atoms. The molecular weight excluding hydrogens is 293 g/mol. The molecule has 0 N–H and O–H groups in total. The van der Waals surface area contributed by atoms with Gasteiger partial charge in [-0.25, -0.2) is 14.4 Å². The summed E-state index contributed by atoms with van der Waals surface area (Å²) in [6, 6.07) is 6.60. The molecule has 1 aromatic carbocycles. The van der Waals surface area contributed by atoms with E-state index in [4.69, 9.17) is 16.3 Å². The zero-order chi connectivity index (χ0) is 15.0. The average Bonchev–Trinajstić information content (AvgIpc) is 2.87. The summed E-state index contributed by atoms with van der Waals surface area (Å²) in [4.78, 5) is 8.84. The van der Waals surface area contributed by atoms with Crippen LogP contribution in [0, 0.1) is 12.7 Å². The maximum absolute atomic E-state index is 13.9. The number of aryl methyl sites for hydroxylation is 1. The highest BCUT2D eigenvalue weighted by Gasteiger charge is 2.15. The van der Waals surface area contributed by atoms with Crippen LogP contribution in [-0.4, -0.2) is 21.6 Å². The van der Waals surface area contributed by atoms with Crippen molar-refractivity contribution in [2.45, 2.75) is 12.8 Å². The Labute approximate surface area is 126 Å². The molecular formula is C15H13ClFN3O. The summed E-state index contributed by atoms with van der Waals surface area (Å²) in [6.45, 7) is 1.95. The Bertz CT molecular complexity index is 816. The number of hydrogen-bond acceptors (Lipinski definition) is 3. The molecule has 2 heterocycles. The van der Waals surface area contributed by atoms with Crippen LogP contribution in [0.15, 0.2) is 30.5 Å². The standard InChI is InChI=1S/C15H13ClFN3O/c1-9-5-6-18-15-14(9)19-13(8-16)20(15)10-3-4-12(21-2)11(17)7-10/h3-7H,8H2,1-2H3. The van der Waals surface area contributed by atoms with Crippen LogP contribution in [0.3, 0.4) is 0 Å². The van der Waals surface area contributed by atoms with E-state index in [2.05, 4.69) is 9.97 Å². The van der Waals surface area contributed by atoms with Crippen LogP contribution in [0.1, 0.15) is 11.4 Å². The molecule has 0 fully saturated rings. The first-order valence-electron chi connectivity index (χ1n) is 6.38. The predicted molar refractivity (Wildman–Crippen MR) is 79.7 cm³/mol. The molecule has 0 aliphatic rings. The van der Waals surface area contributed by atoms with Crippen molar-refractivity contribution in [3.63, 3.8) is 0 Å². The van der Waals surface area contributed by atoms with E-state index in [0.29, 0.717) is 17.2 Å². The number of pyridine rings is 1. The van der Waals surface area contributed by atoms with Crippen molar-refractivity contribution in [3.05, 3.63) is 47.7 Å². The summed E-state index contributed by atoms with van der Waals surface area (Å²) >= 11 is 5.97. The summed E-state index contributed by atoms with van der Waals surface area (Å²) in [6.07, 6.45) is 1.70. The lowest BCUT2D eigenvalue weighted by molar-refractivity contribution is 0.386. The lowest BCUT2D eigenvalue weighted by atomic mass is 10.2.